The second-order valence-electron chi connectivity index (χ2n) is 5.69. The van der Waals surface area contributed by atoms with Gasteiger partial charge in [0.1, 0.15) is 5.69 Å². The molecule has 0 saturated heterocycles. The highest BCUT2D eigenvalue weighted by Crippen LogP contribution is 2.25. The molecule has 0 atom stereocenters. The summed E-state index contributed by atoms with van der Waals surface area (Å²) in [5, 5.41) is 0. The lowest BCUT2D eigenvalue weighted by atomic mass is 10.2. The Kier molecular flexibility index (Phi) is 4.88. The molecule has 0 unspecified atom stereocenters. The minimum Gasteiger partial charge on any atom is -0.397 e. The zero-order chi connectivity index (χ0) is 15.4. The van der Waals surface area contributed by atoms with Crippen molar-refractivity contribution in [3.05, 3.63) is 18.0 Å². The predicted octanol–water partition coefficient (Wildman–Crippen LogP) is 1.35. The van der Waals surface area contributed by atoms with Crippen LogP contribution in [0.5, 0.6) is 0 Å². The van der Waals surface area contributed by atoms with Gasteiger partial charge < -0.3 is 20.9 Å². The van der Waals surface area contributed by atoms with Crippen LogP contribution in [0.1, 0.15) is 49.5 Å². The van der Waals surface area contributed by atoms with Gasteiger partial charge in [-0.05, 0) is 25.3 Å². The van der Waals surface area contributed by atoms with Crippen LogP contribution >= 0.6 is 0 Å². The standard InChI is InChI=1S/C15H24N4O2/c1-2-7-18-9-11(16)8-13(18)15(21)19(10-14(17)20)12-5-3-4-6-12/h8-9,12H,2-7,10,16H2,1H3,(H2,17,20). The monoisotopic (exact) mass is 292 g/mol. The molecule has 1 saturated carbocycles. The lowest BCUT2D eigenvalue weighted by Crippen LogP contribution is -2.44. The van der Waals surface area contributed by atoms with E-state index < -0.39 is 5.91 Å². The largest absolute Gasteiger partial charge is 0.397 e. The van der Waals surface area contributed by atoms with Gasteiger partial charge in [-0.25, -0.2) is 0 Å². The van der Waals surface area contributed by atoms with Crippen molar-refractivity contribution in [3.8, 4) is 0 Å². The molecule has 1 heterocycles. The Balaban J connectivity index is 2.26. The Morgan fingerprint density at radius 1 is 1.38 bits per heavy atom. The third-order valence-corrected chi connectivity index (χ3v) is 3.95. The van der Waals surface area contributed by atoms with E-state index in [1.165, 1.54) is 0 Å². The van der Waals surface area contributed by atoms with Crippen molar-refractivity contribution in [2.45, 2.75) is 51.6 Å². The fourth-order valence-corrected chi connectivity index (χ4v) is 3.04. The summed E-state index contributed by atoms with van der Waals surface area (Å²) in [5.74, 6) is -0.623. The topological polar surface area (TPSA) is 94.3 Å². The van der Waals surface area contributed by atoms with Gasteiger partial charge in [-0.1, -0.05) is 19.8 Å². The van der Waals surface area contributed by atoms with Crippen molar-refractivity contribution in [3.63, 3.8) is 0 Å². The van der Waals surface area contributed by atoms with Crippen molar-refractivity contribution in [1.29, 1.82) is 0 Å². The minimum absolute atomic E-state index is 0.0271. The SMILES string of the molecule is CCCn1cc(N)cc1C(=O)N(CC(N)=O)C1CCCC1. The Hall–Kier alpha value is -1.98. The highest BCUT2D eigenvalue weighted by Gasteiger charge is 2.30. The zero-order valence-corrected chi connectivity index (χ0v) is 12.5. The summed E-state index contributed by atoms with van der Waals surface area (Å²) in [6, 6.07) is 1.79. The van der Waals surface area contributed by atoms with Crippen molar-refractivity contribution in [2.75, 3.05) is 12.3 Å². The second-order valence-corrected chi connectivity index (χ2v) is 5.69. The van der Waals surface area contributed by atoms with Crippen LogP contribution in [0.25, 0.3) is 0 Å². The van der Waals surface area contributed by atoms with Crippen LogP contribution in [0.2, 0.25) is 0 Å². The lowest BCUT2D eigenvalue weighted by molar-refractivity contribution is -0.119. The number of amides is 2. The summed E-state index contributed by atoms with van der Waals surface area (Å²) in [6.07, 6.45) is 6.73. The number of aryl methyl sites for hydroxylation is 1. The molecular formula is C15H24N4O2. The van der Waals surface area contributed by atoms with E-state index in [1.54, 1.807) is 17.2 Å². The van der Waals surface area contributed by atoms with E-state index in [0.29, 0.717) is 11.4 Å². The van der Waals surface area contributed by atoms with E-state index in [9.17, 15) is 9.59 Å². The van der Waals surface area contributed by atoms with E-state index in [1.807, 2.05) is 11.5 Å². The highest BCUT2D eigenvalue weighted by atomic mass is 16.2. The third kappa shape index (κ3) is 3.56. The minimum atomic E-state index is -0.475. The maximum absolute atomic E-state index is 12.8. The summed E-state index contributed by atoms with van der Waals surface area (Å²) >= 11 is 0. The number of carbonyl (C=O) groups is 2. The molecule has 1 fully saturated rings. The van der Waals surface area contributed by atoms with Gasteiger partial charge in [0.05, 0.1) is 12.2 Å². The summed E-state index contributed by atoms with van der Waals surface area (Å²) in [7, 11) is 0. The Morgan fingerprint density at radius 2 is 2.05 bits per heavy atom. The molecule has 2 amide bonds. The van der Waals surface area contributed by atoms with Gasteiger partial charge in [0.2, 0.25) is 5.91 Å². The summed E-state index contributed by atoms with van der Waals surface area (Å²) in [4.78, 5) is 25.8. The molecule has 1 aliphatic carbocycles. The Labute approximate surface area is 125 Å². The van der Waals surface area contributed by atoms with Crippen LogP contribution in [0.4, 0.5) is 5.69 Å². The average Bonchev–Trinajstić information content (AvgIpc) is 3.05. The molecular weight excluding hydrogens is 268 g/mol. The van der Waals surface area contributed by atoms with E-state index >= 15 is 0 Å². The van der Waals surface area contributed by atoms with Crippen molar-refractivity contribution >= 4 is 17.5 Å². The van der Waals surface area contributed by atoms with Crippen LogP contribution in [0.3, 0.4) is 0 Å². The van der Waals surface area contributed by atoms with Crippen molar-refractivity contribution in [1.82, 2.24) is 9.47 Å². The number of nitrogens with two attached hydrogens (primary N) is 2. The van der Waals surface area contributed by atoms with Crippen molar-refractivity contribution in [2.24, 2.45) is 5.73 Å². The number of anilines is 1. The summed E-state index contributed by atoms with van der Waals surface area (Å²) in [6.45, 7) is 2.75. The molecule has 0 aromatic carbocycles. The summed E-state index contributed by atoms with van der Waals surface area (Å²) in [5.41, 5.74) is 12.2. The first-order valence-corrected chi connectivity index (χ1v) is 7.57. The molecule has 21 heavy (non-hydrogen) atoms. The van der Waals surface area contributed by atoms with Crippen LogP contribution in [-0.2, 0) is 11.3 Å². The molecule has 1 aromatic rings. The van der Waals surface area contributed by atoms with E-state index in [4.69, 9.17) is 11.5 Å². The van der Waals surface area contributed by atoms with Crippen LogP contribution in [-0.4, -0.2) is 33.9 Å². The average molecular weight is 292 g/mol. The fraction of sp³-hybridized carbons (Fsp3) is 0.600. The third-order valence-electron chi connectivity index (χ3n) is 3.95. The smallest absolute Gasteiger partial charge is 0.271 e. The highest BCUT2D eigenvalue weighted by molar-refractivity contribution is 5.96. The molecule has 0 spiro atoms. The number of hydrogen-bond donors (Lipinski definition) is 2. The molecule has 2 rings (SSSR count). The predicted molar refractivity (Wildman–Crippen MR) is 81.6 cm³/mol. The van der Waals surface area contributed by atoms with Crippen LogP contribution < -0.4 is 11.5 Å². The van der Waals surface area contributed by atoms with Crippen LogP contribution in [0.15, 0.2) is 12.3 Å². The molecule has 0 bridgehead atoms. The number of nitrogens with zero attached hydrogens (tertiary/aromatic N) is 2. The van der Waals surface area contributed by atoms with Gasteiger partial charge in [-0.2, -0.15) is 0 Å². The number of aromatic nitrogens is 1. The molecule has 116 valence electrons. The Morgan fingerprint density at radius 3 is 2.62 bits per heavy atom. The normalized spacial score (nSPS) is 15.3. The zero-order valence-electron chi connectivity index (χ0n) is 12.5. The number of primary amides is 1. The van der Waals surface area contributed by atoms with Crippen LogP contribution in [0, 0.1) is 0 Å². The summed E-state index contributed by atoms with van der Waals surface area (Å²) < 4.78 is 1.86. The van der Waals surface area contributed by atoms with Gasteiger partial charge in [0, 0.05) is 18.8 Å². The van der Waals surface area contributed by atoms with Gasteiger partial charge in [0.25, 0.3) is 5.91 Å². The fourth-order valence-electron chi connectivity index (χ4n) is 3.04. The van der Waals surface area contributed by atoms with Gasteiger partial charge >= 0.3 is 0 Å². The molecule has 1 aromatic heterocycles. The number of rotatable bonds is 6. The van der Waals surface area contributed by atoms with E-state index in [0.717, 1.165) is 38.6 Å². The molecule has 0 aliphatic heterocycles. The van der Waals surface area contributed by atoms with Crippen molar-refractivity contribution < 1.29 is 9.59 Å². The first-order chi connectivity index (χ1) is 10.0. The molecule has 6 heteroatoms. The maximum Gasteiger partial charge on any atom is 0.271 e. The quantitative estimate of drug-likeness (QED) is 0.828. The number of nitrogen functional groups attached to an aromatic ring is 1. The number of carbonyl (C=O) groups excluding carboxylic acids is 2. The second kappa shape index (κ2) is 6.65. The molecule has 1 aliphatic rings. The molecule has 0 radical (unpaired) electrons. The number of hydrogen-bond acceptors (Lipinski definition) is 3. The maximum atomic E-state index is 12.8. The Bertz CT molecular complexity index is 518. The first-order valence-electron chi connectivity index (χ1n) is 7.57. The van der Waals surface area contributed by atoms with Gasteiger partial charge in [0.15, 0.2) is 0 Å². The van der Waals surface area contributed by atoms with Gasteiger partial charge in [-0.15, -0.1) is 0 Å². The van der Waals surface area contributed by atoms with E-state index in [-0.39, 0.29) is 18.5 Å². The first kappa shape index (κ1) is 15.4. The molecule has 6 nitrogen and oxygen atoms in total. The van der Waals surface area contributed by atoms with E-state index in [2.05, 4.69) is 0 Å². The lowest BCUT2D eigenvalue weighted by Gasteiger charge is -2.28. The van der Waals surface area contributed by atoms with Gasteiger partial charge in [-0.3, -0.25) is 9.59 Å². The molecule has 4 N–H and O–H groups in total.